The predicted molar refractivity (Wildman–Crippen MR) is 114 cm³/mol. The fraction of sp³-hybridized carbons (Fsp3) is 0.455. The number of nitrogens with zero attached hydrogens (tertiary/aromatic N) is 4. The monoisotopic (exact) mass is 392 g/mol. The summed E-state index contributed by atoms with van der Waals surface area (Å²) in [4.78, 5) is 18.8. The van der Waals surface area contributed by atoms with Crippen LogP contribution >= 0.6 is 0 Å². The maximum atomic E-state index is 12.5. The first-order valence-corrected chi connectivity index (χ1v) is 10.4. The van der Waals surface area contributed by atoms with Gasteiger partial charge in [-0.2, -0.15) is 5.10 Å². The van der Waals surface area contributed by atoms with Crippen molar-refractivity contribution in [2.45, 2.75) is 44.6 Å². The van der Waals surface area contributed by atoms with Crippen LogP contribution in [0.15, 0.2) is 42.5 Å². The number of amides is 1. The molecule has 0 radical (unpaired) electrons. The smallest absolute Gasteiger partial charge is 0.246 e. The summed E-state index contributed by atoms with van der Waals surface area (Å²) in [6, 6.07) is 2.02. The van der Waals surface area contributed by atoms with Gasteiger partial charge in [-0.15, -0.1) is 0 Å². The number of fused-ring (bicyclic) bond motifs is 1. The lowest BCUT2D eigenvalue weighted by Gasteiger charge is -2.31. The van der Waals surface area contributed by atoms with Gasteiger partial charge in [0.25, 0.3) is 0 Å². The van der Waals surface area contributed by atoms with E-state index in [9.17, 15) is 4.79 Å². The first kappa shape index (κ1) is 19.4. The Morgan fingerprint density at radius 1 is 1.38 bits per heavy atom. The number of aromatic nitrogens is 3. The molecule has 0 aliphatic heterocycles. The van der Waals surface area contributed by atoms with E-state index in [4.69, 9.17) is 5.41 Å². The van der Waals surface area contributed by atoms with Crippen LogP contribution in [-0.2, 0) is 4.79 Å². The number of allylic oxidation sites excluding steroid dienone is 1. The normalized spacial score (nSPS) is 21.3. The fourth-order valence-corrected chi connectivity index (χ4v) is 4.11. The molecule has 2 fully saturated rings. The molecule has 4 rings (SSSR count). The highest BCUT2D eigenvalue weighted by Gasteiger charge is 2.25. The van der Waals surface area contributed by atoms with E-state index in [0.717, 1.165) is 30.5 Å². The summed E-state index contributed by atoms with van der Waals surface area (Å²) >= 11 is 0. The highest BCUT2D eigenvalue weighted by atomic mass is 16.2. The Morgan fingerprint density at radius 2 is 2.21 bits per heavy atom. The van der Waals surface area contributed by atoms with E-state index < -0.39 is 0 Å². The molecule has 2 aromatic heterocycles. The van der Waals surface area contributed by atoms with Crippen LogP contribution in [0.1, 0.15) is 44.2 Å². The number of carbonyl (C=O) groups excluding carboxylic acids is 1. The summed E-state index contributed by atoms with van der Waals surface area (Å²) < 4.78 is 1.74. The lowest BCUT2D eigenvalue weighted by molar-refractivity contribution is -0.125. The zero-order chi connectivity index (χ0) is 20.2. The second-order valence-corrected chi connectivity index (χ2v) is 8.06. The fourth-order valence-electron chi connectivity index (χ4n) is 4.11. The SMILES string of the molecule is CN(CC1CCCC1)C(=O)/C=C1\CCC1N/C=C(\C=N)c1cn2nccc2cn1. The number of nitrogens with one attached hydrogen (secondary N) is 2. The van der Waals surface area contributed by atoms with Crippen LogP contribution in [0.2, 0.25) is 0 Å². The van der Waals surface area contributed by atoms with E-state index in [1.54, 1.807) is 23.0 Å². The van der Waals surface area contributed by atoms with Crippen LogP contribution in [0.5, 0.6) is 0 Å². The Kier molecular flexibility index (Phi) is 5.74. The van der Waals surface area contributed by atoms with Gasteiger partial charge in [0.15, 0.2) is 0 Å². The summed E-state index contributed by atoms with van der Waals surface area (Å²) in [5.41, 5.74) is 3.40. The molecule has 2 aliphatic rings. The molecular formula is C22H28N6O. The number of hydrogen-bond acceptors (Lipinski definition) is 5. The average Bonchev–Trinajstić information content (AvgIpc) is 3.39. The van der Waals surface area contributed by atoms with Crippen LogP contribution in [0.25, 0.3) is 11.1 Å². The van der Waals surface area contributed by atoms with Crippen LogP contribution in [-0.4, -0.2) is 51.3 Å². The number of rotatable bonds is 7. The minimum atomic E-state index is 0.0976. The topological polar surface area (TPSA) is 86.4 Å². The van der Waals surface area contributed by atoms with E-state index in [2.05, 4.69) is 15.4 Å². The van der Waals surface area contributed by atoms with Gasteiger partial charge in [-0.25, -0.2) is 4.52 Å². The predicted octanol–water partition coefficient (Wildman–Crippen LogP) is 3.05. The Balaban J connectivity index is 1.38. The largest absolute Gasteiger partial charge is 0.384 e. The van der Waals surface area contributed by atoms with Gasteiger partial charge in [0.1, 0.15) is 0 Å². The first-order valence-electron chi connectivity index (χ1n) is 10.4. The first-order chi connectivity index (χ1) is 14.1. The summed E-state index contributed by atoms with van der Waals surface area (Å²) in [6.45, 7) is 0.861. The zero-order valence-corrected chi connectivity index (χ0v) is 16.8. The van der Waals surface area contributed by atoms with Crippen molar-refractivity contribution in [3.63, 3.8) is 0 Å². The summed E-state index contributed by atoms with van der Waals surface area (Å²) in [5, 5.41) is 15.3. The van der Waals surface area contributed by atoms with Crippen molar-refractivity contribution in [2.24, 2.45) is 5.92 Å². The van der Waals surface area contributed by atoms with Gasteiger partial charge in [0.05, 0.1) is 29.8 Å². The molecule has 2 saturated carbocycles. The third-order valence-electron chi connectivity index (χ3n) is 6.03. The van der Waals surface area contributed by atoms with Gasteiger partial charge in [0, 0.05) is 43.7 Å². The van der Waals surface area contributed by atoms with Crippen molar-refractivity contribution in [3.05, 3.63) is 48.2 Å². The molecule has 1 unspecified atom stereocenters. The van der Waals surface area contributed by atoms with Crippen molar-refractivity contribution in [3.8, 4) is 0 Å². The molecule has 29 heavy (non-hydrogen) atoms. The molecule has 1 atom stereocenters. The molecule has 7 heteroatoms. The minimum absolute atomic E-state index is 0.0976. The molecule has 2 aliphatic carbocycles. The molecule has 0 saturated heterocycles. The van der Waals surface area contributed by atoms with Gasteiger partial charge in [0.2, 0.25) is 5.91 Å². The van der Waals surface area contributed by atoms with E-state index in [1.165, 1.54) is 31.9 Å². The Labute approximate surface area is 171 Å². The number of hydrogen-bond donors (Lipinski definition) is 2. The van der Waals surface area contributed by atoms with Crippen LogP contribution in [0.3, 0.4) is 0 Å². The van der Waals surface area contributed by atoms with Crippen molar-refractivity contribution in [2.75, 3.05) is 13.6 Å². The van der Waals surface area contributed by atoms with Crippen molar-refractivity contribution in [1.29, 1.82) is 5.41 Å². The van der Waals surface area contributed by atoms with Crippen molar-refractivity contribution in [1.82, 2.24) is 24.8 Å². The van der Waals surface area contributed by atoms with Crippen molar-refractivity contribution >= 4 is 23.2 Å². The highest BCUT2D eigenvalue weighted by molar-refractivity contribution is 6.07. The minimum Gasteiger partial charge on any atom is -0.384 e. The van der Waals surface area contributed by atoms with Crippen LogP contribution in [0.4, 0.5) is 0 Å². The molecule has 2 heterocycles. The van der Waals surface area contributed by atoms with Gasteiger partial charge in [-0.05, 0) is 43.2 Å². The summed E-state index contributed by atoms with van der Waals surface area (Å²) in [6.07, 6.45) is 17.2. The standard InChI is InChI=1S/C22H28N6O/c1-27(14-16-4-2-3-5-16)22(29)10-17-6-7-20(17)24-12-18(11-23)21-15-28-19(13-25-21)8-9-26-28/h8-13,15-16,20,23-24H,2-7,14H2,1H3/b17-10+,18-12+,23-11?. The maximum absolute atomic E-state index is 12.5. The van der Waals surface area contributed by atoms with Crippen LogP contribution < -0.4 is 5.32 Å². The molecule has 1 amide bonds. The highest BCUT2D eigenvalue weighted by Crippen LogP contribution is 2.28. The van der Waals surface area contributed by atoms with Gasteiger partial charge in [-0.3, -0.25) is 9.78 Å². The van der Waals surface area contributed by atoms with Gasteiger partial charge < -0.3 is 15.6 Å². The number of likely N-dealkylation sites (N-methyl/N-ethyl adjacent to an activating group) is 1. The van der Waals surface area contributed by atoms with E-state index in [-0.39, 0.29) is 11.9 Å². The van der Waals surface area contributed by atoms with Gasteiger partial charge in [-0.1, -0.05) is 12.8 Å². The lowest BCUT2D eigenvalue weighted by Crippen LogP contribution is -2.37. The Hall–Kier alpha value is -2.96. The molecule has 0 aromatic carbocycles. The second-order valence-electron chi connectivity index (χ2n) is 8.06. The third kappa shape index (κ3) is 4.39. The van der Waals surface area contributed by atoms with Crippen molar-refractivity contribution < 1.29 is 4.79 Å². The van der Waals surface area contributed by atoms with Gasteiger partial charge >= 0.3 is 0 Å². The quantitative estimate of drug-likeness (QED) is 0.560. The van der Waals surface area contributed by atoms with E-state index in [0.29, 0.717) is 17.2 Å². The molecule has 2 N–H and O–H groups in total. The maximum Gasteiger partial charge on any atom is 0.246 e. The summed E-state index contributed by atoms with van der Waals surface area (Å²) in [5.74, 6) is 0.760. The Bertz CT molecular complexity index is 953. The lowest BCUT2D eigenvalue weighted by atomic mass is 9.85. The van der Waals surface area contributed by atoms with E-state index in [1.807, 2.05) is 30.4 Å². The average molecular weight is 393 g/mol. The van der Waals surface area contributed by atoms with E-state index >= 15 is 0 Å². The molecule has 152 valence electrons. The molecule has 7 nitrogen and oxygen atoms in total. The molecular weight excluding hydrogens is 364 g/mol. The summed E-state index contributed by atoms with van der Waals surface area (Å²) in [7, 11) is 1.91. The zero-order valence-electron chi connectivity index (χ0n) is 16.8. The number of carbonyl (C=O) groups is 1. The molecule has 0 spiro atoms. The second kappa shape index (κ2) is 8.59. The third-order valence-corrected chi connectivity index (χ3v) is 6.03. The Morgan fingerprint density at radius 3 is 2.93 bits per heavy atom. The van der Waals surface area contributed by atoms with Crippen LogP contribution in [0, 0.1) is 11.3 Å². The molecule has 2 aromatic rings. The molecule has 0 bridgehead atoms.